The number of carbonyl (C=O) groups excluding carboxylic acids is 1. The van der Waals surface area contributed by atoms with Gasteiger partial charge in [-0.1, -0.05) is 40.2 Å². The van der Waals surface area contributed by atoms with Crippen molar-refractivity contribution in [1.82, 2.24) is 9.62 Å². The molecule has 8 heteroatoms. The fraction of sp³-hybridized carbons (Fsp3) is 0.381. The van der Waals surface area contributed by atoms with E-state index in [1.54, 1.807) is 24.3 Å². The van der Waals surface area contributed by atoms with Crippen LogP contribution in [-0.4, -0.2) is 31.7 Å². The molecule has 3 rings (SSSR count). The van der Waals surface area contributed by atoms with Crippen LogP contribution in [0.4, 0.5) is 4.39 Å². The highest BCUT2D eigenvalue weighted by molar-refractivity contribution is 9.10. The van der Waals surface area contributed by atoms with Gasteiger partial charge in [-0.15, -0.1) is 0 Å². The van der Waals surface area contributed by atoms with Crippen LogP contribution in [0.15, 0.2) is 53.0 Å². The molecule has 1 heterocycles. The van der Waals surface area contributed by atoms with Gasteiger partial charge in [0, 0.05) is 23.5 Å². The predicted molar refractivity (Wildman–Crippen MR) is 114 cm³/mol. The van der Waals surface area contributed by atoms with Crippen molar-refractivity contribution in [3.63, 3.8) is 0 Å². The van der Waals surface area contributed by atoms with E-state index in [1.807, 2.05) is 19.1 Å². The summed E-state index contributed by atoms with van der Waals surface area (Å²) in [5, 5.41) is 2.95. The Morgan fingerprint density at radius 1 is 1.21 bits per heavy atom. The van der Waals surface area contributed by atoms with Gasteiger partial charge in [-0.3, -0.25) is 4.79 Å². The zero-order chi connectivity index (χ0) is 21.0. The molecule has 2 aromatic rings. The number of nitrogens with one attached hydrogen (secondary N) is 1. The molecule has 0 spiro atoms. The van der Waals surface area contributed by atoms with Crippen LogP contribution in [0.1, 0.15) is 36.9 Å². The Bertz CT molecular complexity index is 958. The minimum Gasteiger partial charge on any atom is -0.349 e. The smallest absolute Gasteiger partial charge is 0.223 e. The third kappa shape index (κ3) is 5.87. The second-order valence-electron chi connectivity index (χ2n) is 7.34. The fourth-order valence-corrected chi connectivity index (χ4v) is 5.49. The maximum absolute atomic E-state index is 13.1. The van der Waals surface area contributed by atoms with Crippen LogP contribution in [0, 0.1) is 11.7 Å². The third-order valence-corrected chi connectivity index (χ3v) is 7.53. The van der Waals surface area contributed by atoms with Gasteiger partial charge in [-0.05, 0) is 55.2 Å². The minimum absolute atomic E-state index is 0.0507. The van der Waals surface area contributed by atoms with Gasteiger partial charge in [0.2, 0.25) is 15.9 Å². The molecule has 0 aromatic heterocycles. The Morgan fingerprint density at radius 2 is 1.86 bits per heavy atom. The molecule has 1 fully saturated rings. The highest BCUT2D eigenvalue weighted by Gasteiger charge is 2.31. The lowest BCUT2D eigenvalue weighted by Gasteiger charge is -2.31. The van der Waals surface area contributed by atoms with Crippen molar-refractivity contribution >= 4 is 31.9 Å². The molecular formula is C21H24BrFN2O3S. The van der Waals surface area contributed by atoms with Crippen molar-refractivity contribution in [2.24, 2.45) is 5.92 Å². The number of nitrogens with zero attached hydrogens (tertiary/aromatic N) is 1. The first-order chi connectivity index (χ1) is 13.7. The number of sulfonamides is 1. The summed E-state index contributed by atoms with van der Waals surface area (Å²) in [5.41, 5.74) is 1.56. The molecule has 0 bridgehead atoms. The lowest BCUT2D eigenvalue weighted by Crippen LogP contribution is -2.43. The summed E-state index contributed by atoms with van der Waals surface area (Å²) in [6.07, 6.45) is 0.972. The van der Waals surface area contributed by atoms with Crippen molar-refractivity contribution in [3.8, 4) is 0 Å². The Labute approximate surface area is 179 Å². The highest BCUT2D eigenvalue weighted by Crippen LogP contribution is 2.24. The number of amides is 1. The summed E-state index contributed by atoms with van der Waals surface area (Å²) in [5.74, 6) is -0.685. The second kappa shape index (κ2) is 9.36. The third-order valence-electron chi connectivity index (χ3n) is 5.18. The largest absolute Gasteiger partial charge is 0.349 e. The summed E-state index contributed by atoms with van der Waals surface area (Å²) in [4.78, 5) is 12.6. The molecule has 0 radical (unpaired) electrons. The molecule has 2 aromatic carbocycles. The summed E-state index contributed by atoms with van der Waals surface area (Å²) in [7, 11) is -3.43. The first kappa shape index (κ1) is 21.9. The van der Waals surface area contributed by atoms with E-state index in [4.69, 9.17) is 0 Å². The number of hydrogen-bond acceptors (Lipinski definition) is 3. The normalized spacial score (nSPS) is 17.1. The molecule has 1 unspecified atom stereocenters. The highest BCUT2D eigenvalue weighted by atomic mass is 79.9. The second-order valence-corrected chi connectivity index (χ2v) is 10.2. The van der Waals surface area contributed by atoms with Crippen LogP contribution >= 0.6 is 15.9 Å². The molecular weight excluding hydrogens is 459 g/mol. The zero-order valence-corrected chi connectivity index (χ0v) is 18.5. The first-order valence-corrected chi connectivity index (χ1v) is 11.9. The Kier molecular flexibility index (Phi) is 7.08. The van der Waals surface area contributed by atoms with Crippen LogP contribution in [0.25, 0.3) is 0 Å². The van der Waals surface area contributed by atoms with E-state index in [9.17, 15) is 17.6 Å². The van der Waals surface area contributed by atoms with Gasteiger partial charge in [-0.2, -0.15) is 0 Å². The van der Waals surface area contributed by atoms with E-state index in [0.29, 0.717) is 25.9 Å². The number of hydrogen-bond donors (Lipinski definition) is 1. The van der Waals surface area contributed by atoms with E-state index in [0.717, 1.165) is 15.6 Å². The summed E-state index contributed by atoms with van der Waals surface area (Å²) < 4.78 is 40.8. The first-order valence-electron chi connectivity index (χ1n) is 9.53. The van der Waals surface area contributed by atoms with Gasteiger partial charge in [-0.25, -0.2) is 17.1 Å². The molecule has 1 aliphatic rings. The maximum atomic E-state index is 13.1. The standard InChI is InChI=1S/C21H24BrFN2O3S/c1-15(17-5-7-20(23)8-6-17)24-21(26)18-9-11-25(12-10-18)29(27,28)14-16-3-2-4-19(22)13-16/h2-8,13,15,18H,9-12,14H2,1H3,(H,24,26). The molecule has 1 N–H and O–H groups in total. The SMILES string of the molecule is CC(NC(=O)C1CCN(S(=O)(=O)Cc2cccc(Br)c2)CC1)c1ccc(F)cc1. The lowest BCUT2D eigenvalue weighted by atomic mass is 9.96. The van der Waals surface area contributed by atoms with Crippen molar-refractivity contribution < 1.29 is 17.6 Å². The van der Waals surface area contributed by atoms with Gasteiger partial charge in [0.15, 0.2) is 0 Å². The van der Waals surface area contributed by atoms with Crippen molar-refractivity contribution in [2.75, 3.05) is 13.1 Å². The van der Waals surface area contributed by atoms with Crippen molar-refractivity contribution in [3.05, 3.63) is 69.9 Å². The van der Waals surface area contributed by atoms with Gasteiger partial charge in [0.1, 0.15) is 5.82 Å². The number of rotatable bonds is 6. The molecule has 1 atom stereocenters. The fourth-order valence-electron chi connectivity index (χ4n) is 3.49. The number of halogens is 2. The summed E-state index contributed by atoms with van der Waals surface area (Å²) >= 11 is 3.36. The lowest BCUT2D eigenvalue weighted by molar-refractivity contribution is -0.126. The van der Waals surface area contributed by atoms with Crippen LogP contribution in [-0.2, 0) is 20.6 Å². The average Bonchev–Trinajstić information content (AvgIpc) is 2.68. The van der Waals surface area contributed by atoms with E-state index in [2.05, 4.69) is 21.2 Å². The zero-order valence-electron chi connectivity index (χ0n) is 16.1. The average molecular weight is 483 g/mol. The number of benzene rings is 2. The van der Waals surface area contributed by atoms with E-state index < -0.39 is 10.0 Å². The summed E-state index contributed by atoms with van der Waals surface area (Å²) in [6, 6.07) is 13.1. The van der Waals surface area contributed by atoms with Crippen LogP contribution < -0.4 is 5.32 Å². The molecule has 1 saturated heterocycles. The maximum Gasteiger partial charge on any atom is 0.223 e. The van der Waals surface area contributed by atoms with Crippen molar-refractivity contribution in [1.29, 1.82) is 0 Å². The molecule has 156 valence electrons. The van der Waals surface area contributed by atoms with Crippen LogP contribution in [0.5, 0.6) is 0 Å². The van der Waals surface area contributed by atoms with Gasteiger partial charge in [0.25, 0.3) is 0 Å². The van der Waals surface area contributed by atoms with Crippen LogP contribution in [0.3, 0.4) is 0 Å². The van der Waals surface area contributed by atoms with E-state index in [-0.39, 0.29) is 29.4 Å². The molecule has 0 saturated carbocycles. The van der Waals surface area contributed by atoms with E-state index in [1.165, 1.54) is 16.4 Å². The molecule has 0 aliphatic carbocycles. The topological polar surface area (TPSA) is 66.5 Å². The molecule has 29 heavy (non-hydrogen) atoms. The van der Waals surface area contributed by atoms with Crippen molar-refractivity contribution in [2.45, 2.75) is 31.6 Å². The Hall–Kier alpha value is -1.77. The molecule has 5 nitrogen and oxygen atoms in total. The predicted octanol–water partition coefficient (Wildman–Crippen LogP) is 4.01. The molecule has 1 amide bonds. The monoisotopic (exact) mass is 482 g/mol. The quantitative estimate of drug-likeness (QED) is 0.676. The van der Waals surface area contributed by atoms with Gasteiger partial charge < -0.3 is 5.32 Å². The molecule has 1 aliphatic heterocycles. The van der Waals surface area contributed by atoms with Gasteiger partial charge >= 0.3 is 0 Å². The minimum atomic E-state index is -3.43. The van der Waals surface area contributed by atoms with E-state index >= 15 is 0 Å². The van der Waals surface area contributed by atoms with Gasteiger partial charge in [0.05, 0.1) is 11.8 Å². The van der Waals surface area contributed by atoms with Crippen LogP contribution in [0.2, 0.25) is 0 Å². The number of piperidine rings is 1. The Morgan fingerprint density at radius 3 is 2.48 bits per heavy atom. The number of carbonyl (C=O) groups is 1. The summed E-state index contributed by atoms with van der Waals surface area (Å²) in [6.45, 7) is 2.52. The Balaban J connectivity index is 1.54.